The van der Waals surface area contributed by atoms with Gasteiger partial charge >= 0.3 is 0 Å². The molecule has 3 fully saturated rings. The molecule has 4 rings (SSSR count). The van der Waals surface area contributed by atoms with Crippen LogP contribution in [0.4, 0.5) is 0 Å². The molecule has 8 unspecified atom stereocenters. The van der Waals surface area contributed by atoms with Crippen LogP contribution in [0.1, 0.15) is 132 Å². The van der Waals surface area contributed by atoms with Gasteiger partial charge in [0.15, 0.2) is 0 Å². The zero-order chi connectivity index (χ0) is 28.5. The van der Waals surface area contributed by atoms with Crippen molar-refractivity contribution in [3.8, 4) is 0 Å². The highest BCUT2D eigenvalue weighted by Crippen LogP contribution is 2.67. The molecular formula is C35H62O3. The topological polar surface area (TPSA) is 46.5 Å². The lowest BCUT2D eigenvalue weighted by Gasteiger charge is -2.58. The van der Waals surface area contributed by atoms with Crippen molar-refractivity contribution in [3.63, 3.8) is 0 Å². The minimum atomic E-state index is 0.256. The summed E-state index contributed by atoms with van der Waals surface area (Å²) in [4.78, 5) is 10.7. The van der Waals surface area contributed by atoms with Crippen molar-refractivity contribution >= 4 is 6.29 Å². The fraction of sp³-hybridized carbons (Fsp3) is 0.857. The van der Waals surface area contributed by atoms with E-state index in [2.05, 4.69) is 47.3 Å². The summed E-state index contributed by atoms with van der Waals surface area (Å²) in [7, 11) is 1.00. The Morgan fingerprint density at radius 1 is 1.08 bits per heavy atom. The molecule has 0 aromatic rings. The Morgan fingerprint density at radius 3 is 2.45 bits per heavy atom. The highest BCUT2D eigenvalue weighted by Gasteiger charge is 2.59. The fourth-order valence-corrected chi connectivity index (χ4v) is 9.27. The van der Waals surface area contributed by atoms with Crippen molar-refractivity contribution in [1.82, 2.24) is 0 Å². The number of aliphatic hydroxyl groups is 1. The second-order valence-electron chi connectivity index (χ2n) is 13.5. The van der Waals surface area contributed by atoms with Crippen LogP contribution in [0.3, 0.4) is 0 Å². The van der Waals surface area contributed by atoms with Gasteiger partial charge in [-0.25, -0.2) is 0 Å². The van der Waals surface area contributed by atoms with Gasteiger partial charge in [0, 0.05) is 26.4 Å². The number of carbonyl (C=O) groups excluding carboxylic acids is 1. The molecule has 8 atom stereocenters. The van der Waals surface area contributed by atoms with E-state index in [4.69, 9.17) is 9.84 Å². The number of hydrogen-bond acceptors (Lipinski definition) is 3. The number of aliphatic hydroxyl groups excluding tert-OH is 1. The summed E-state index contributed by atoms with van der Waals surface area (Å²) in [6, 6.07) is 0. The van der Waals surface area contributed by atoms with E-state index >= 15 is 0 Å². The van der Waals surface area contributed by atoms with Crippen molar-refractivity contribution < 1.29 is 14.6 Å². The predicted octanol–water partition coefficient (Wildman–Crippen LogP) is 9.54. The SMILES string of the molecule is C=C(CCC=O)OC1CCC2(C)C(=CCC3C2CCC2(C)C(C(C)CCCC(C)C)CCC32)C1.CC.CO. The molecule has 4 aliphatic carbocycles. The second-order valence-corrected chi connectivity index (χ2v) is 13.5. The maximum absolute atomic E-state index is 10.7. The van der Waals surface area contributed by atoms with Gasteiger partial charge in [0.05, 0.1) is 5.76 Å². The van der Waals surface area contributed by atoms with E-state index < -0.39 is 0 Å². The molecule has 4 aliphatic rings. The van der Waals surface area contributed by atoms with Crippen molar-refractivity contribution in [3.05, 3.63) is 24.0 Å². The monoisotopic (exact) mass is 530 g/mol. The Morgan fingerprint density at radius 2 is 1.79 bits per heavy atom. The zero-order valence-electron chi connectivity index (χ0n) is 26.4. The van der Waals surface area contributed by atoms with Crippen molar-refractivity contribution in [2.45, 2.75) is 138 Å². The minimum absolute atomic E-state index is 0.256. The van der Waals surface area contributed by atoms with Crippen LogP contribution in [0.5, 0.6) is 0 Å². The Bertz CT molecular complexity index is 769. The molecule has 3 heteroatoms. The van der Waals surface area contributed by atoms with Gasteiger partial charge < -0.3 is 14.6 Å². The normalized spacial score (nSPS) is 36.2. The third kappa shape index (κ3) is 7.15. The number of aldehydes is 1. The molecule has 0 aliphatic heterocycles. The van der Waals surface area contributed by atoms with Gasteiger partial charge in [0.2, 0.25) is 0 Å². The molecule has 1 N–H and O–H groups in total. The van der Waals surface area contributed by atoms with Crippen molar-refractivity contribution in [2.75, 3.05) is 7.11 Å². The van der Waals surface area contributed by atoms with Crippen LogP contribution in [-0.2, 0) is 9.53 Å². The molecule has 0 aromatic carbocycles. The first-order valence-corrected chi connectivity index (χ1v) is 16.1. The number of hydrogen-bond donors (Lipinski definition) is 1. The summed E-state index contributed by atoms with van der Waals surface area (Å²) < 4.78 is 6.20. The predicted molar refractivity (Wildman–Crippen MR) is 162 cm³/mol. The summed E-state index contributed by atoms with van der Waals surface area (Å²) in [6.07, 6.45) is 19.9. The van der Waals surface area contributed by atoms with Crippen molar-refractivity contribution in [2.24, 2.45) is 46.3 Å². The fourth-order valence-electron chi connectivity index (χ4n) is 9.27. The van der Waals surface area contributed by atoms with Gasteiger partial charge in [0.1, 0.15) is 12.4 Å². The third-order valence-corrected chi connectivity index (χ3v) is 11.1. The Kier molecular flexibility index (Phi) is 13.1. The van der Waals surface area contributed by atoms with Crippen LogP contribution in [0.2, 0.25) is 0 Å². The largest absolute Gasteiger partial charge is 0.495 e. The van der Waals surface area contributed by atoms with Crippen LogP contribution in [0.15, 0.2) is 24.0 Å². The average Bonchev–Trinajstić information content (AvgIpc) is 3.27. The molecule has 0 heterocycles. The quantitative estimate of drug-likeness (QED) is 0.174. The summed E-state index contributed by atoms with van der Waals surface area (Å²) in [5.41, 5.74) is 2.61. The number of fused-ring (bicyclic) bond motifs is 5. The number of carbonyl (C=O) groups is 1. The molecule has 38 heavy (non-hydrogen) atoms. The zero-order valence-corrected chi connectivity index (χ0v) is 26.4. The smallest absolute Gasteiger partial charge is 0.120 e. The van der Waals surface area contributed by atoms with Gasteiger partial charge in [-0.3, -0.25) is 0 Å². The average molecular weight is 531 g/mol. The van der Waals surface area contributed by atoms with Gasteiger partial charge in [-0.2, -0.15) is 0 Å². The number of allylic oxidation sites excluding steroid dienone is 2. The molecule has 0 bridgehead atoms. The molecule has 3 nitrogen and oxygen atoms in total. The molecule has 0 amide bonds. The van der Waals surface area contributed by atoms with Crippen LogP contribution in [0, 0.1) is 46.3 Å². The third-order valence-electron chi connectivity index (χ3n) is 11.1. The van der Waals surface area contributed by atoms with Crippen molar-refractivity contribution in [1.29, 1.82) is 0 Å². The van der Waals surface area contributed by atoms with Crippen LogP contribution in [-0.4, -0.2) is 24.6 Å². The lowest BCUT2D eigenvalue weighted by atomic mass is 9.47. The molecule has 220 valence electrons. The van der Waals surface area contributed by atoms with E-state index in [0.717, 1.165) is 67.5 Å². The molecule has 0 saturated heterocycles. The second kappa shape index (κ2) is 15.1. The van der Waals surface area contributed by atoms with Crippen LogP contribution in [0.25, 0.3) is 0 Å². The molecule has 0 spiro atoms. The van der Waals surface area contributed by atoms with E-state index in [-0.39, 0.29) is 6.10 Å². The Labute approximate surface area is 236 Å². The standard InChI is InChI=1S/C32H52O2.C2H6.CH4O/c1-22(2)9-7-10-23(3)28-14-15-29-27-13-12-25-21-26(34-24(4)11-8-20-33)16-18-31(25,5)30(27)17-19-32(28,29)6;2*1-2/h12,20,22-23,26-30H,4,7-11,13-19,21H2,1-3,5-6H3;1-2H3;2H,1H3. The first kappa shape index (κ1) is 33.1. The molecule has 3 saturated carbocycles. The van der Waals surface area contributed by atoms with E-state index in [1.54, 1.807) is 5.57 Å². The van der Waals surface area contributed by atoms with E-state index in [1.165, 1.54) is 57.8 Å². The summed E-state index contributed by atoms with van der Waals surface area (Å²) >= 11 is 0. The highest BCUT2D eigenvalue weighted by molar-refractivity contribution is 5.49. The molecular weight excluding hydrogens is 468 g/mol. The lowest BCUT2D eigenvalue weighted by molar-refractivity contribution is -0.108. The van der Waals surface area contributed by atoms with Crippen LogP contribution < -0.4 is 0 Å². The Balaban J connectivity index is 0.00000121. The van der Waals surface area contributed by atoms with Crippen LogP contribution >= 0.6 is 0 Å². The van der Waals surface area contributed by atoms with Gasteiger partial charge in [-0.05, 0) is 91.3 Å². The summed E-state index contributed by atoms with van der Waals surface area (Å²) in [5.74, 6) is 6.13. The minimum Gasteiger partial charge on any atom is -0.495 e. The Hall–Kier alpha value is -1.09. The maximum atomic E-state index is 10.7. The molecule has 0 radical (unpaired) electrons. The maximum Gasteiger partial charge on any atom is 0.120 e. The first-order valence-electron chi connectivity index (χ1n) is 16.1. The number of rotatable bonds is 10. The summed E-state index contributed by atoms with van der Waals surface area (Å²) in [5, 5.41) is 7.00. The van der Waals surface area contributed by atoms with E-state index in [0.29, 0.717) is 23.7 Å². The van der Waals surface area contributed by atoms with Gasteiger partial charge in [-0.15, -0.1) is 0 Å². The lowest BCUT2D eigenvalue weighted by Crippen LogP contribution is -2.51. The van der Waals surface area contributed by atoms with E-state index in [1.807, 2.05) is 13.8 Å². The van der Waals surface area contributed by atoms with Gasteiger partial charge in [-0.1, -0.05) is 86.0 Å². The first-order chi connectivity index (χ1) is 18.2. The number of ether oxygens (including phenoxy) is 1. The highest BCUT2D eigenvalue weighted by atomic mass is 16.5. The van der Waals surface area contributed by atoms with E-state index in [9.17, 15) is 4.79 Å². The van der Waals surface area contributed by atoms with Gasteiger partial charge in [0.25, 0.3) is 0 Å². The summed E-state index contributed by atoms with van der Waals surface area (Å²) in [6.45, 7) is 20.7. The molecule has 0 aromatic heterocycles.